The summed E-state index contributed by atoms with van der Waals surface area (Å²) in [5.41, 5.74) is 0. The smallest absolute Gasteiger partial charge is 0.193 e. The lowest BCUT2D eigenvalue weighted by molar-refractivity contribution is 0.0194. The second-order valence-electron chi connectivity index (χ2n) is 8.99. The molecular weight excluding hydrogens is 465 g/mol. The number of ether oxygens (including phenoxy) is 1. The Morgan fingerprint density at radius 1 is 1.07 bits per heavy atom. The molecule has 0 amide bonds. The third kappa shape index (κ3) is 6.44. The van der Waals surface area contributed by atoms with E-state index in [0.717, 1.165) is 57.8 Å². The van der Waals surface area contributed by atoms with E-state index >= 15 is 0 Å². The Morgan fingerprint density at radius 2 is 1.75 bits per heavy atom. The first-order chi connectivity index (χ1) is 13.1. The second kappa shape index (κ2) is 11.9. The summed E-state index contributed by atoms with van der Waals surface area (Å²) < 4.78 is 5.51. The minimum atomic E-state index is 0. The first-order valence-corrected chi connectivity index (χ1v) is 11.1. The Labute approximate surface area is 189 Å². The zero-order valence-corrected chi connectivity index (χ0v) is 20.7. The van der Waals surface area contributed by atoms with Crippen molar-refractivity contribution in [1.82, 2.24) is 20.0 Å². The van der Waals surface area contributed by atoms with Gasteiger partial charge in [0.2, 0.25) is 0 Å². The minimum Gasteiger partial charge on any atom is -0.379 e. The first kappa shape index (κ1) is 24.2. The lowest BCUT2D eigenvalue weighted by Crippen LogP contribution is -2.52. The van der Waals surface area contributed by atoms with Crippen molar-refractivity contribution < 1.29 is 4.74 Å². The molecule has 1 N–H and O–H groups in total. The van der Waals surface area contributed by atoms with E-state index in [1.807, 2.05) is 7.05 Å². The fourth-order valence-corrected chi connectivity index (χ4v) is 4.85. The highest BCUT2D eigenvalue weighted by Crippen LogP contribution is 2.21. The number of rotatable bonds is 5. The van der Waals surface area contributed by atoms with Gasteiger partial charge in [0.15, 0.2) is 5.96 Å². The molecule has 0 saturated carbocycles. The van der Waals surface area contributed by atoms with Crippen molar-refractivity contribution in [2.75, 3.05) is 66.1 Å². The van der Waals surface area contributed by atoms with Crippen molar-refractivity contribution in [3.05, 3.63) is 0 Å². The molecule has 28 heavy (non-hydrogen) atoms. The maximum atomic E-state index is 5.51. The van der Waals surface area contributed by atoms with Crippen LogP contribution in [0.25, 0.3) is 0 Å². The quantitative estimate of drug-likeness (QED) is 0.352. The Morgan fingerprint density at radius 3 is 2.36 bits per heavy atom. The molecule has 2 atom stereocenters. The van der Waals surface area contributed by atoms with E-state index in [-0.39, 0.29) is 24.0 Å². The molecule has 0 spiro atoms. The van der Waals surface area contributed by atoms with Crippen LogP contribution < -0.4 is 5.32 Å². The second-order valence-corrected chi connectivity index (χ2v) is 8.99. The van der Waals surface area contributed by atoms with Crippen molar-refractivity contribution in [2.24, 2.45) is 16.8 Å². The molecule has 2 unspecified atom stereocenters. The largest absolute Gasteiger partial charge is 0.379 e. The number of aliphatic imine (C=N–C) groups is 1. The monoisotopic (exact) mass is 507 g/mol. The maximum absolute atomic E-state index is 5.51. The van der Waals surface area contributed by atoms with Gasteiger partial charge < -0.3 is 15.0 Å². The van der Waals surface area contributed by atoms with E-state index in [1.54, 1.807) is 0 Å². The summed E-state index contributed by atoms with van der Waals surface area (Å²) in [4.78, 5) is 12.4. The van der Waals surface area contributed by atoms with E-state index in [0.29, 0.717) is 18.0 Å². The number of guanidine groups is 1. The maximum Gasteiger partial charge on any atom is 0.193 e. The average molecular weight is 508 g/mol. The Hall–Kier alpha value is -0.120. The summed E-state index contributed by atoms with van der Waals surface area (Å²) in [5, 5.41) is 3.72. The third-order valence-electron chi connectivity index (χ3n) is 6.76. The van der Waals surface area contributed by atoms with Gasteiger partial charge in [-0.2, -0.15) is 0 Å². The number of halogens is 1. The molecule has 0 aromatic carbocycles. The average Bonchev–Trinajstić information content (AvgIpc) is 3.17. The van der Waals surface area contributed by atoms with Crippen LogP contribution in [-0.2, 0) is 4.74 Å². The summed E-state index contributed by atoms with van der Waals surface area (Å²) in [6.07, 6.45) is 3.91. The molecule has 7 heteroatoms. The predicted molar refractivity (Wildman–Crippen MR) is 128 cm³/mol. The topological polar surface area (TPSA) is 43.3 Å². The van der Waals surface area contributed by atoms with E-state index in [9.17, 15) is 0 Å². The van der Waals surface area contributed by atoms with E-state index in [2.05, 4.69) is 45.8 Å². The van der Waals surface area contributed by atoms with Crippen LogP contribution >= 0.6 is 24.0 Å². The van der Waals surface area contributed by atoms with E-state index in [4.69, 9.17) is 4.74 Å². The Bertz CT molecular complexity index is 475. The molecule has 0 aliphatic carbocycles. The number of nitrogens with zero attached hydrogens (tertiary/aromatic N) is 4. The van der Waals surface area contributed by atoms with Crippen LogP contribution in [-0.4, -0.2) is 98.8 Å². The van der Waals surface area contributed by atoms with Crippen molar-refractivity contribution >= 4 is 29.9 Å². The van der Waals surface area contributed by atoms with Gasteiger partial charge in [-0.3, -0.25) is 14.8 Å². The number of hydrogen-bond donors (Lipinski definition) is 1. The van der Waals surface area contributed by atoms with Gasteiger partial charge in [-0.25, -0.2) is 0 Å². The predicted octanol–water partition coefficient (Wildman–Crippen LogP) is 2.34. The standard InChI is InChI=1S/C21H41N5O.HI/c1-17(2)20(25-8-5-18(3)6-9-25)15-23-21(22-4)26-10-7-19(16-26)24-11-13-27-14-12-24;/h17-20H,5-16H2,1-4H3,(H,22,23);1H. The van der Waals surface area contributed by atoms with Gasteiger partial charge >= 0.3 is 0 Å². The van der Waals surface area contributed by atoms with Crippen molar-refractivity contribution in [2.45, 2.75) is 52.1 Å². The van der Waals surface area contributed by atoms with Gasteiger partial charge in [0.25, 0.3) is 0 Å². The summed E-state index contributed by atoms with van der Waals surface area (Å²) in [6.45, 7) is 16.7. The highest BCUT2D eigenvalue weighted by atomic mass is 127. The zero-order valence-electron chi connectivity index (χ0n) is 18.4. The van der Waals surface area contributed by atoms with Gasteiger partial charge in [0.05, 0.1) is 13.2 Å². The number of nitrogens with one attached hydrogen (secondary N) is 1. The van der Waals surface area contributed by atoms with Gasteiger partial charge in [0.1, 0.15) is 0 Å². The lowest BCUT2D eigenvalue weighted by Gasteiger charge is -2.39. The fourth-order valence-electron chi connectivity index (χ4n) is 4.85. The fraction of sp³-hybridized carbons (Fsp3) is 0.952. The van der Waals surface area contributed by atoms with Crippen molar-refractivity contribution in [1.29, 1.82) is 0 Å². The third-order valence-corrected chi connectivity index (χ3v) is 6.76. The van der Waals surface area contributed by atoms with Gasteiger partial charge in [-0.1, -0.05) is 20.8 Å². The molecule has 0 bridgehead atoms. The van der Waals surface area contributed by atoms with Crippen LogP contribution in [0.2, 0.25) is 0 Å². The molecule has 3 aliphatic heterocycles. The Balaban J connectivity index is 0.00000280. The molecule has 3 rings (SSSR count). The Kier molecular flexibility index (Phi) is 10.3. The van der Waals surface area contributed by atoms with E-state index < -0.39 is 0 Å². The normalized spacial score (nSPS) is 27.1. The molecule has 3 saturated heterocycles. The number of hydrogen-bond acceptors (Lipinski definition) is 4. The van der Waals surface area contributed by atoms with Gasteiger partial charge in [-0.05, 0) is 44.2 Å². The summed E-state index contributed by atoms with van der Waals surface area (Å²) in [5.74, 6) is 2.63. The van der Waals surface area contributed by atoms with Crippen LogP contribution in [0.3, 0.4) is 0 Å². The molecule has 3 heterocycles. The van der Waals surface area contributed by atoms with Crippen molar-refractivity contribution in [3.8, 4) is 0 Å². The van der Waals surface area contributed by atoms with Crippen LogP contribution in [0, 0.1) is 11.8 Å². The number of piperidine rings is 1. The van der Waals surface area contributed by atoms with E-state index in [1.165, 1.54) is 32.4 Å². The summed E-state index contributed by atoms with van der Waals surface area (Å²) >= 11 is 0. The van der Waals surface area contributed by atoms with Crippen LogP contribution in [0.15, 0.2) is 4.99 Å². The summed E-state index contributed by atoms with van der Waals surface area (Å²) in [6, 6.07) is 1.24. The minimum absolute atomic E-state index is 0. The zero-order chi connectivity index (χ0) is 19.2. The lowest BCUT2D eigenvalue weighted by atomic mass is 9.94. The molecule has 0 radical (unpaired) electrons. The van der Waals surface area contributed by atoms with Crippen molar-refractivity contribution in [3.63, 3.8) is 0 Å². The van der Waals surface area contributed by atoms with Crippen LogP contribution in [0.4, 0.5) is 0 Å². The summed E-state index contributed by atoms with van der Waals surface area (Å²) in [7, 11) is 1.93. The number of likely N-dealkylation sites (tertiary alicyclic amines) is 2. The molecular formula is C21H42IN5O. The molecule has 164 valence electrons. The molecule has 0 aromatic heterocycles. The van der Waals surface area contributed by atoms with Gasteiger partial charge in [-0.15, -0.1) is 24.0 Å². The SMILES string of the molecule is CN=C(NCC(C(C)C)N1CCC(C)CC1)N1CCC(N2CCOCC2)C1.I. The molecule has 3 fully saturated rings. The first-order valence-electron chi connectivity index (χ1n) is 11.1. The highest BCUT2D eigenvalue weighted by molar-refractivity contribution is 14.0. The van der Waals surface area contributed by atoms with Gasteiger partial charge in [0, 0.05) is 51.9 Å². The molecule has 0 aromatic rings. The van der Waals surface area contributed by atoms with Crippen LogP contribution in [0.1, 0.15) is 40.0 Å². The number of morpholine rings is 1. The molecule has 3 aliphatic rings. The molecule has 6 nitrogen and oxygen atoms in total. The van der Waals surface area contributed by atoms with Crippen LogP contribution in [0.5, 0.6) is 0 Å². The highest BCUT2D eigenvalue weighted by Gasteiger charge is 2.31.